The normalized spacial score (nSPS) is 17.0. The molecule has 0 amide bonds. The molecule has 0 bridgehead atoms. The lowest BCUT2D eigenvalue weighted by atomic mass is 10.1. The van der Waals surface area contributed by atoms with E-state index < -0.39 is 0 Å². The second-order valence-electron chi connectivity index (χ2n) is 5.50. The summed E-state index contributed by atoms with van der Waals surface area (Å²) in [5.74, 6) is 0.882. The molecule has 0 spiro atoms. The average molecular weight is 337 g/mol. The number of anilines is 2. The Morgan fingerprint density at radius 3 is 2.73 bits per heavy atom. The van der Waals surface area contributed by atoms with Crippen LogP contribution in [0, 0.1) is 0 Å². The van der Waals surface area contributed by atoms with Gasteiger partial charge in [-0.25, -0.2) is 0 Å². The smallest absolute Gasteiger partial charge is 0.143 e. The molecular formula is C17H18Cl2N2O. The lowest BCUT2D eigenvalue weighted by Crippen LogP contribution is -2.39. The fraction of sp³-hybridized carbons (Fsp3) is 0.294. The summed E-state index contributed by atoms with van der Waals surface area (Å²) in [4.78, 5) is 2.28. The van der Waals surface area contributed by atoms with E-state index >= 15 is 0 Å². The summed E-state index contributed by atoms with van der Waals surface area (Å²) in [5, 5.41) is 1.15. The minimum Gasteiger partial charge on any atom is -0.486 e. The number of benzene rings is 2. The van der Waals surface area contributed by atoms with Crippen LogP contribution in [0.4, 0.5) is 11.4 Å². The summed E-state index contributed by atoms with van der Waals surface area (Å²) in [6.45, 7) is 3.70. The average Bonchev–Trinajstić information content (AvgIpc) is 2.51. The number of hydrogen-bond donors (Lipinski definition) is 1. The van der Waals surface area contributed by atoms with Crippen molar-refractivity contribution in [2.75, 3.05) is 17.2 Å². The second kappa shape index (κ2) is 6.27. The SMILES string of the molecule is CCC1CN(Cc2ccc(Cl)c(Cl)c2)c2cc(N)ccc2O1. The topological polar surface area (TPSA) is 38.5 Å². The highest BCUT2D eigenvalue weighted by molar-refractivity contribution is 6.42. The molecule has 2 aromatic rings. The predicted molar refractivity (Wildman–Crippen MR) is 93.1 cm³/mol. The van der Waals surface area contributed by atoms with Crippen LogP contribution < -0.4 is 15.4 Å². The summed E-state index contributed by atoms with van der Waals surface area (Å²) in [6, 6.07) is 11.5. The van der Waals surface area contributed by atoms with Crippen LogP contribution in [0.1, 0.15) is 18.9 Å². The molecule has 0 saturated heterocycles. The Hall–Kier alpha value is -1.58. The largest absolute Gasteiger partial charge is 0.486 e. The Labute approximate surface area is 140 Å². The van der Waals surface area contributed by atoms with Gasteiger partial charge in [0.15, 0.2) is 0 Å². The lowest BCUT2D eigenvalue weighted by Gasteiger charge is -2.36. The molecule has 1 atom stereocenters. The van der Waals surface area contributed by atoms with E-state index in [0.29, 0.717) is 10.0 Å². The maximum atomic E-state index is 6.12. The standard InChI is InChI=1S/C17H18Cl2N2O/c1-2-13-10-21(9-11-3-5-14(18)15(19)7-11)16-8-12(20)4-6-17(16)22-13/h3-8,13H,2,9-10,20H2,1H3. The first-order valence-corrected chi connectivity index (χ1v) is 8.07. The van der Waals surface area contributed by atoms with Crippen LogP contribution in [-0.4, -0.2) is 12.6 Å². The molecule has 0 aliphatic carbocycles. The molecule has 1 aliphatic rings. The van der Waals surface area contributed by atoms with Gasteiger partial charge in [-0.2, -0.15) is 0 Å². The van der Waals surface area contributed by atoms with Crippen LogP contribution in [-0.2, 0) is 6.54 Å². The van der Waals surface area contributed by atoms with Crippen molar-refractivity contribution in [1.29, 1.82) is 0 Å². The van der Waals surface area contributed by atoms with Crippen LogP contribution in [0.5, 0.6) is 5.75 Å². The zero-order valence-electron chi connectivity index (χ0n) is 12.4. The Morgan fingerprint density at radius 1 is 1.18 bits per heavy atom. The molecule has 116 valence electrons. The fourth-order valence-corrected chi connectivity index (χ4v) is 2.98. The van der Waals surface area contributed by atoms with Gasteiger partial charge in [0.2, 0.25) is 0 Å². The number of halogens is 2. The molecule has 1 heterocycles. The zero-order chi connectivity index (χ0) is 15.7. The minimum absolute atomic E-state index is 0.180. The van der Waals surface area contributed by atoms with E-state index in [0.717, 1.165) is 42.2 Å². The molecule has 0 saturated carbocycles. The van der Waals surface area contributed by atoms with E-state index in [1.54, 1.807) is 0 Å². The molecule has 22 heavy (non-hydrogen) atoms. The molecule has 1 unspecified atom stereocenters. The molecule has 1 aliphatic heterocycles. The van der Waals surface area contributed by atoms with Crippen LogP contribution in [0.15, 0.2) is 36.4 Å². The number of nitrogen functional groups attached to an aromatic ring is 1. The zero-order valence-corrected chi connectivity index (χ0v) is 13.9. The van der Waals surface area contributed by atoms with Gasteiger partial charge in [0.25, 0.3) is 0 Å². The van der Waals surface area contributed by atoms with Crippen molar-refractivity contribution in [2.45, 2.75) is 26.0 Å². The Bertz CT molecular complexity index is 690. The molecule has 0 fully saturated rings. The predicted octanol–water partition coefficient (Wildman–Crippen LogP) is 4.75. The third-order valence-corrected chi connectivity index (χ3v) is 4.59. The Morgan fingerprint density at radius 2 is 2.00 bits per heavy atom. The first-order valence-electron chi connectivity index (χ1n) is 7.32. The Balaban J connectivity index is 1.92. The van der Waals surface area contributed by atoms with Gasteiger partial charge in [0.05, 0.1) is 22.3 Å². The van der Waals surface area contributed by atoms with Crippen LogP contribution in [0.25, 0.3) is 0 Å². The molecule has 5 heteroatoms. The maximum absolute atomic E-state index is 6.12. The van der Waals surface area contributed by atoms with E-state index in [1.165, 1.54) is 0 Å². The van der Waals surface area contributed by atoms with E-state index in [-0.39, 0.29) is 6.10 Å². The summed E-state index contributed by atoms with van der Waals surface area (Å²) in [7, 11) is 0. The molecule has 2 aromatic carbocycles. The van der Waals surface area contributed by atoms with E-state index in [2.05, 4.69) is 11.8 Å². The summed E-state index contributed by atoms with van der Waals surface area (Å²) >= 11 is 12.1. The van der Waals surface area contributed by atoms with Crippen LogP contribution in [0.2, 0.25) is 10.0 Å². The highest BCUT2D eigenvalue weighted by atomic mass is 35.5. The highest BCUT2D eigenvalue weighted by Crippen LogP contribution is 2.37. The number of nitrogens with two attached hydrogens (primary N) is 1. The third-order valence-electron chi connectivity index (χ3n) is 3.85. The third kappa shape index (κ3) is 3.11. The van der Waals surface area contributed by atoms with Crippen molar-refractivity contribution in [3.05, 3.63) is 52.0 Å². The van der Waals surface area contributed by atoms with Crippen molar-refractivity contribution in [1.82, 2.24) is 0 Å². The van der Waals surface area contributed by atoms with Gasteiger partial charge in [-0.3, -0.25) is 0 Å². The summed E-state index contributed by atoms with van der Waals surface area (Å²) in [6.07, 6.45) is 1.14. The number of nitrogens with zero attached hydrogens (tertiary/aromatic N) is 1. The number of rotatable bonds is 3. The molecule has 0 radical (unpaired) electrons. The minimum atomic E-state index is 0.180. The van der Waals surface area contributed by atoms with Crippen molar-refractivity contribution in [2.24, 2.45) is 0 Å². The molecular weight excluding hydrogens is 319 g/mol. The fourth-order valence-electron chi connectivity index (χ4n) is 2.66. The summed E-state index contributed by atoms with van der Waals surface area (Å²) in [5.41, 5.74) is 8.80. The first kappa shape index (κ1) is 15.3. The van der Waals surface area contributed by atoms with Crippen molar-refractivity contribution >= 4 is 34.6 Å². The first-order chi connectivity index (χ1) is 10.6. The van der Waals surface area contributed by atoms with E-state index in [4.69, 9.17) is 33.7 Å². The summed E-state index contributed by atoms with van der Waals surface area (Å²) < 4.78 is 6.00. The van der Waals surface area contributed by atoms with Crippen molar-refractivity contribution in [3.8, 4) is 5.75 Å². The van der Waals surface area contributed by atoms with Gasteiger partial charge in [0.1, 0.15) is 11.9 Å². The molecule has 3 rings (SSSR count). The highest BCUT2D eigenvalue weighted by Gasteiger charge is 2.25. The van der Waals surface area contributed by atoms with Gasteiger partial charge >= 0.3 is 0 Å². The monoisotopic (exact) mass is 336 g/mol. The second-order valence-corrected chi connectivity index (χ2v) is 6.32. The Kier molecular flexibility index (Phi) is 4.37. The maximum Gasteiger partial charge on any atom is 0.143 e. The number of ether oxygens (including phenoxy) is 1. The molecule has 3 nitrogen and oxygen atoms in total. The molecule has 2 N–H and O–H groups in total. The quantitative estimate of drug-likeness (QED) is 0.821. The van der Waals surface area contributed by atoms with E-state index in [9.17, 15) is 0 Å². The van der Waals surface area contributed by atoms with Gasteiger partial charge in [0, 0.05) is 12.2 Å². The lowest BCUT2D eigenvalue weighted by molar-refractivity contribution is 0.189. The van der Waals surface area contributed by atoms with Gasteiger partial charge < -0.3 is 15.4 Å². The number of hydrogen-bond acceptors (Lipinski definition) is 3. The van der Waals surface area contributed by atoms with Crippen LogP contribution >= 0.6 is 23.2 Å². The van der Waals surface area contributed by atoms with Crippen LogP contribution in [0.3, 0.4) is 0 Å². The van der Waals surface area contributed by atoms with E-state index in [1.807, 2.05) is 36.4 Å². The van der Waals surface area contributed by atoms with Gasteiger partial charge in [-0.15, -0.1) is 0 Å². The van der Waals surface area contributed by atoms with Crippen molar-refractivity contribution in [3.63, 3.8) is 0 Å². The molecule has 0 aromatic heterocycles. The van der Waals surface area contributed by atoms with Crippen molar-refractivity contribution < 1.29 is 4.74 Å². The number of fused-ring (bicyclic) bond motifs is 1. The van der Waals surface area contributed by atoms with Gasteiger partial charge in [-0.1, -0.05) is 36.2 Å². The van der Waals surface area contributed by atoms with Gasteiger partial charge in [-0.05, 0) is 42.3 Å².